The lowest BCUT2D eigenvalue weighted by atomic mass is 9.88. The molecule has 1 aliphatic rings. The third-order valence-corrected chi connectivity index (χ3v) is 12.6. The number of nitrogens with one attached hydrogen (secondary N) is 2. The lowest BCUT2D eigenvalue weighted by Gasteiger charge is -2.32. The van der Waals surface area contributed by atoms with E-state index in [1.54, 1.807) is 0 Å². The predicted octanol–water partition coefficient (Wildman–Crippen LogP) is 15.8. The highest BCUT2D eigenvalue weighted by Gasteiger charge is 2.24. The fourth-order valence-corrected chi connectivity index (χ4v) is 9.28. The number of fused-ring (bicyclic) bond motifs is 5. The Labute approximate surface area is 380 Å². The second-order valence-corrected chi connectivity index (χ2v) is 17.8. The number of nitrogens with zero attached hydrogens (tertiary/aromatic N) is 3. The van der Waals surface area contributed by atoms with Gasteiger partial charge in [0.1, 0.15) is 17.3 Å². The molecule has 0 aliphatic carbocycles. The zero-order chi connectivity index (χ0) is 43.9. The van der Waals surface area contributed by atoms with Crippen molar-refractivity contribution in [3.8, 4) is 39.6 Å². The molecule has 6 nitrogen and oxygen atoms in total. The van der Waals surface area contributed by atoms with Gasteiger partial charge in [-0.05, 0) is 94.8 Å². The van der Waals surface area contributed by atoms with Crippen molar-refractivity contribution in [2.75, 3.05) is 22.1 Å². The van der Waals surface area contributed by atoms with Crippen LogP contribution in [0.25, 0.3) is 49.9 Å². The fourth-order valence-electron chi connectivity index (χ4n) is 9.28. The second-order valence-electron chi connectivity index (χ2n) is 17.8. The number of hydrogen-bond acceptors (Lipinski definition) is 5. The van der Waals surface area contributed by atoms with Gasteiger partial charge in [-0.3, -0.25) is 4.57 Å². The van der Waals surface area contributed by atoms with Crippen molar-refractivity contribution in [2.45, 2.75) is 32.6 Å². The summed E-state index contributed by atoms with van der Waals surface area (Å²) in [6, 6.07) is 70.7. The number of para-hydroxylation sites is 4. The first-order valence-electron chi connectivity index (χ1n) is 22.4. The molecule has 0 unspecified atom stereocenters. The van der Waals surface area contributed by atoms with E-state index in [1.807, 2.05) is 6.20 Å². The highest BCUT2D eigenvalue weighted by molar-refractivity contribution is 6.09. The highest BCUT2D eigenvalue weighted by Crippen LogP contribution is 2.46. The van der Waals surface area contributed by atoms with Crippen LogP contribution >= 0.6 is 0 Å². The Kier molecular flexibility index (Phi) is 10.1. The second kappa shape index (κ2) is 16.6. The number of hydrogen-bond donors (Lipinski definition) is 2. The van der Waals surface area contributed by atoms with E-state index in [0.29, 0.717) is 0 Å². The molecule has 11 rings (SSSR count). The SMILES string of the molecule is CC(C)(C)c1ccnc(-n2c3ccccc3c3ccc(Oc4ccc5c(c4)Nc4c(cccc4Nc4c(-c6ccccc6)cccc4-c4ccccc4)CCN5c4ccccc4)cc32)c1. The first kappa shape index (κ1) is 39.7. The summed E-state index contributed by atoms with van der Waals surface area (Å²) < 4.78 is 9.13. The molecule has 3 heterocycles. The van der Waals surface area contributed by atoms with Crippen LogP contribution in [-0.4, -0.2) is 16.1 Å². The Morgan fingerprint density at radius 2 is 1.23 bits per heavy atom. The predicted molar refractivity (Wildman–Crippen MR) is 271 cm³/mol. The van der Waals surface area contributed by atoms with E-state index >= 15 is 0 Å². The molecule has 0 atom stereocenters. The van der Waals surface area contributed by atoms with Crippen LogP contribution in [0.3, 0.4) is 0 Å². The van der Waals surface area contributed by atoms with Gasteiger partial charge in [0.25, 0.3) is 0 Å². The third-order valence-electron chi connectivity index (χ3n) is 12.6. The van der Waals surface area contributed by atoms with E-state index in [-0.39, 0.29) is 5.41 Å². The minimum absolute atomic E-state index is 0.0196. The summed E-state index contributed by atoms with van der Waals surface area (Å²) in [5.41, 5.74) is 15.4. The maximum atomic E-state index is 6.87. The smallest absolute Gasteiger partial charge is 0.137 e. The van der Waals surface area contributed by atoms with Crippen LogP contribution in [0.1, 0.15) is 31.9 Å². The van der Waals surface area contributed by atoms with Gasteiger partial charge in [-0.15, -0.1) is 0 Å². The monoisotopic (exact) mass is 843 g/mol. The largest absolute Gasteiger partial charge is 0.457 e. The first-order valence-corrected chi connectivity index (χ1v) is 22.4. The summed E-state index contributed by atoms with van der Waals surface area (Å²) in [5, 5.41) is 10.3. The number of anilines is 6. The maximum Gasteiger partial charge on any atom is 0.137 e. The third kappa shape index (κ3) is 7.63. The Balaban J connectivity index is 1.01. The summed E-state index contributed by atoms with van der Waals surface area (Å²) in [7, 11) is 0. The molecule has 316 valence electrons. The highest BCUT2D eigenvalue weighted by atomic mass is 16.5. The maximum absolute atomic E-state index is 6.87. The Hall–Kier alpha value is -8.09. The summed E-state index contributed by atoms with van der Waals surface area (Å²) in [6.07, 6.45) is 2.75. The molecule has 0 saturated heterocycles. The number of aromatic nitrogens is 2. The molecule has 0 saturated carbocycles. The van der Waals surface area contributed by atoms with Crippen molar-refractivity contribution >= 4 is 55.9 Å². The molecule has 0 radical (unpaired) electrons. The average molecular weight is 844 g/mol. The van der Waals surface area contributed by atoms with Gasteiger partial charge in [0.15, 0.2) is 0 Å². The summed E-state index contributed by atoms with van der Waals surface area (Å²) in [5.74, 6) is 2.36. The molecule has 0 amide bonds. The Morgan fingerprint density at radius 1 is 0.585 bits per heavy atom. The van der Waals surface area contributed by atoms with Gasteiger partial charge in [0.05, 0.1) is 39.5 Å². The zero-order valence-corrected chi connectivity index (χ0v) is 36.8. The van der Waals surface area contributed by atoms with Crippen molar-refractivity contribution in [1.29, 1.82) is 0 Å². The standard InChI is InChI=1S/C59H49N5O/c1-59(2,3)43-33-35-60-56(37-43)64-53-28-14-13-24-49(53)50-31-29-46(39-55(50)64)65-45-30-32-54-52(38-45)62-57-42(34-36-63(54)44-22-11-6-12-23-44)21-15-27-51(57)61-58-47(40-17-7-4-8-18-40)25-16-26-48(58)41-19-9-5-10-20-41/h4-33,35,37-39,61-62H,34,36H2,1-3H3. The number of rotatable bonds is 8. The molecule has 10 aromatic rings. The van der Waals surface area contributed by atoms with E-state index < -0.39 is 0 Å². The van der Waals surface area contributed by atoms with Crippen molar-refractivity contribution in [3.05, 3.63) is 218 Å². The molecule has 0 fully saturated rings. The van der Waals surface area contributed by atoms with Gasteiger partial charge in [-0.1, -0.05) is 148 Å². The van der Waals surface area contributed by atoms with Crippen LogP contribution in [0.5, 0.6) is 11.5 Å². The lowest BCUT2D eigenvalue weighted by molar-refractivity contribution is 0.483. The molecule has 2 N–H and O–H groups in total. The quantitative estimate of drug-likeness (QED) is 0.160. The number of pyridine rings is 1. The van der Waals surface area contributed by atoms with Crippen LogP contribution in [0.4, 0.5) is 34.1 Å². The fraction of sp³-hybridized carbons (Fsp3) is 0.102. The van der Waals surface area contributed by atoms with E-state index in [9.17, 15) is 0 Å². The molecule has 1 aliphatic heterocycles. The van der Waals surface area contributed by atoms with Gasteiger partial charge in [-0.25, -0.2) is 4.98 Å². The van der Waals surface area contributed by atoms with E-state index in [0.717, 1.165) is 103 Å². The van der Waals surface area contributed by atoms with Gasteiger partial charge in [-0.2, -0.15) is 0 Å². The summed E-state index contributed by atoms with van der Waals surface area (Å²) >= 11 is 0. The number of benzene rings is 8. The van der Waals surface area contributed by atoms with Crippen molar-refractivity contribution < 1.29 is 4.74 Å². The molecular weight excluding hydrogens is 795 g/mol. The summed E-state index contributed by atoms with van der Waals surface area (Å²) in [4.78, 5) is 7.30. The van der Waals surface area contributed by atoms with Crippen LogP contribution in [0.15, 0.2) is 206 Å². The minimum Gasteiger partial charge on any atom is -0.457 e. The molecule has 0 bridgehead atoms. The van der Waals surface area contributed by atoms with Gasteiger partial charge < -0.3 is 20.3 Å². The van der Waals surface area contributed by atoms with E-state index in [4.69, 9.17) is 9.72 Å². The van der Waals surface area contributed by atoms with E-state index in [1.165, 1.54) is 16.5 Å². The van der Waals surface area contributed by atoms with Crippen molar-refractivity contribution in [3.63, 3.8) is 0 Å². The summed E-state index contributed by atoms with van der Waals surface area (Å²) in [6.45, 7) is 7.51. The molecule has 6 heteroatoms. The van der Waals surface area contributed by atoms with Gasteiger partial charge in [0.2, 0.25) is 0 Å². The van der Waals surface area contributed by atoms with Crippen LogP contribution in [0.2, 0.25) is 0 Å². The molecule has 8 aromatic carbocycles. The first-order chi connectivity index (χ1) is 31.9. The van der Waals surface area contributed by atoms with Crippen LogP contribution in [0, 0.1) is 0 Å². The molecule has 0 spiro atoms. The lowest BCUT2D eigenvalue weighted by Crippen LogP contribution is -2.23. The van der Waals surface area contributed by atoms with Crippen molar-refractivity contribution in [2.24, 2.45) is 0 Å². The molecular formula is C59H49N5O. The zero-order valence-electron chi connectivity index (χ0n) is 36.8. The average Bonchev–Trinajstić information content (AvgIpc) is 3.66. The molecule has 65 heavy (non-hydrogen) atoms. The Bertz CT molecular complexity index is 3280. The topological polar surface area (TPSA) is 54.4 Å². The Morgan fingerprint density at radius 3 is 1.97 bits per heavy atom. The number of ether oxygens (including phenoxy) is 1. The van der Waals surface area contributed by atoms with Gasteiger partial charge >= 0.3 is 0 Å². The van der Waals surface area contributed by atoms with Crippen molar-refractivity contribution in [1.82, 2.24) is 9.55 Å². The van der Waals surface area contributed by atoms with E-state index in [2.05, 4.69) is 241 Å². The molecule has 2 aromatic heterocycles. The minimum atomic E-state index is -0.0196. The van der Waals surface area contributed by atoms with Crippen LogP contribution in [-0.2, 0) is 11.8 Å². The van der Waals surface area contributed by atoms with Gasteiger partial charge in [0, 0.05) is 52.5 Å². The normalized spacial score (nSPS) is 12.5. The van der Waals surface area contributed by atoms with Crippen LogP contribution < -0.4 is 20.3 Å².